The minimum atomic E-state index is -3.05. The first-order valence-corrected chi connectivity index (χ1v) is 8.75. The van der Waals surface area contributed by atoms with Crippen molar-refractivity contribution in [1.29, 1.82) is 0 Å². The first kappa shape index (κ1) is 13.5. The summed E-state index contributed by atoms with van der Waals surface area (Å²) in [7, 11) is -3.05. The van der Waals surface area contributed by atoms with E-state index in [-0.39, 0.29) is 5.75 Å². The summed E-state index contributed by atoms with van der Waals surface area (Å²) in [5.41, 5.74) is 0. The molecule has 0 atom stereocenters. The van der Waals surface area contributed by atoms with Gasteiger partial charge in [-0.3, -0.25) is 0 Å². The molecule has 2 rings (SSSR count). The Kier molecular flexibility index (Phi) is 4.40. The molecule has 0 radical (unpaired) electrons. The van der Waals surface area contributed by atoms with Crippen LogP contribution in [0.4, 0.5) is 5.13 Å². The number of thiazole rings is 1. The minimum absolute atomic E-state index is 0.140. The Morgan fingerprint density at radius 2 is 2.11 bits per heavy atom. The Labute approximate surface area is 112 Å². The Morgan fingerprint density at radius 3 is 2.78 bits per heavy atom. The number of hydrogen-bond donors (Lipinski definition) is 0. The molecule has 0 unspecified atom stereocenters. The second kappa shape index (κ2) is 5.84. The molecule has 1 aromatic heterocycles. The summed E-state index contributed by atoms with van der Waals surface area (Å²) in [6.45, 7) is 3.76. The lowest BCUT2D eigenvalue weighted by atomic mass is 10.1. The maximum atomic E-state index is 11.4. The van der Waals surface area contributed by atoms with Gasteiger partial charge in [-0.1, -0.05) is 18.3 Å². The van der Waals surface area contributed by atoms with E-state index in [0.717, 1.165) is 23.1 Å². The molecule has 0 aliphatic carbocycles. The average molecular weight is 286 g/mol. The van der Waals surface area contributed by atoms with E-state index in [9.17, 15) is 8.42 Å². The molecule has 1 aromatic rings. The van der Waals surface area contributed by atoms with E-state index in [1.165, 1.54) is 24.7 Å². The van der Waals surface area contributed by atoms with E-state index in [1.807, 2.05) is 0 Å². The number of hydrogen-bond acceptors (Lipinski definition) is 5. The predicted molar refractivity (Wildman–Crippen MR) is 76.7 cm³/mol. The molecule has 18 heavy (non-hydrogen) atoms. The average Bonchev–Trinajstić information content (AvgIpc) is 2.86. The highest BCUT2D eigenvalue weighted by Crippen LogP contribution is 2.26. The highest BCUT2D eigenvalue weighted by atomic mass is 32.2. The lowest BCUT2D eigenvalue weighted by Crippen LogP contribution is -2.29. The van der Waals surface area contributed by atoms with Crippen LogP contribution in [0.1, 0.15) is 31.1 Å². The van der Waals surface area contributed by atoms with Crippen molar-refractivity contribution in [2.75, 3.05) is 23.7 Å². The smallest absolute Gasteiger partial charge is 0.185 e. The van der Waals surface area contributed by atoms with Gasteiger partial charge in [-0.25, -0.2) is 13.4 Å². The van der Waals surface area contributed by atoms with Crippen molar-refractivity contribution in [2.45, 2.75) is 26.2 Å². The van der Waals surface area contributed by atoms with E-state index >= 15 is 0 Å². The van der Waals surface area contributed by atoms with Gasteiger partial charge in [0.2, 0.25) is 0 Å². The van der Waals surface area contributed by atoms with Crippen molar-refractivity contribution in [1.82, 2.24) is 4.98 Å². The van der Waals surface area contributed by atoms with E-state index in [4.69, 9.17) is 0 Å². The van der Waals surface area contributed by atoms with Gasteiger partial charge in [-0.2, -0.15) is 0 Å². The van der Waals surface area contributed by atoms with Gasteiger partial charge in [0.05, 0.1) is 5.75 Å². The Hall–Kier alpha value is -0.880. The van der Waals surface area contributed by atoms with Gasteiger partial charge >= 0.3 is 0 Å². The van der Waals surface area contributed by atoms with Gasteiger partial charge in [0.1, 0.15) is 0 Å². The van der Waals surface area contributed by atoms with Crippen molar-refractivity contribution >= 4 is 32.4 Å². The molecule has 6 heteroatoms. The van der Waals surface area contributed by atoms with Crippen molar-refractivity contribution in [2.24, 2.45) is 0 Å². The molecule has 1 saturated heterocycles. The quantitative estimate of drug-likeness (QED) is 0.853. The third-order valence-electron chi connectivity index (χ3n) is 2.98. The molecule has 1 aliphatic heterocycles. The fourth-order valence-corrected chi connectivity index (χ4v) is 3.35. The van der Waals surface area contributed by atoms with E-state index in [2.05, 4.69) is 9.88 Å². The van der Waals surface area contributed by atoms with Crippen LogP contribution in [-0.2, 0) is 9.84 Å². The van der Waals surface area contributed by atoms with E-state index in [0.29, 0.717) is 0 Å². The van der Waals surface area contributed by atoms with Crippen LogP contribution in [0.5, 0.6) is 0 Å². The van der Waals surface area contributed by atoms with Gasteiger partial charge < -0.3 is 4.90 Å². The summed E-state index contributed by atoms with van der Waals surface area (Å²) in [5.74, 6) is 0.140. The topological polar surface area (TPSA) is 50.3 Å². The first-order valence-electron chi connectivity index (χ1n) is 6.22. The van der Waals surface area contributed by atoms with Crippen LogP contribution in [0.2, 0.25) is 0 Å². The largest absolute Gasteiger partial charge is 0.348 e. The summed E-state index contributed by atoms with van der Waals surface area (Å²) in [5, 5.41) is 2.28. The number of anilines is 1. The number of sulfone groups is 1. The summed E-state index contributed by atoms with van der Waals surface area (Å²) >= 11 is 1.55. The summed E-state index contributed by atoms with van der Waals surface area (Å²) in [6.07, 6.45) is 7.12. The Bertz CT molecular complexity index is 514. The van der Waals surface area contributed by atoms with E-state index in [1.54, 1.807) is 30.5 Å². The molecule has 0 spiro atoms. The standard InChI is InChI=1S/C12H18N2O2S2/c1-2-18(15,16)9-6-11-10-13-12(17-11)14-7-4-3-5-8-14/h6,9-10H,2-5,7-8H2,1H3/b9-6+. The van der Waals surface area contributed by atoms with Crippen LogP contribution in [0.25, 0.3) is 6.08 Å². The Morgan fingerprint density at radius 1 is 1.39 bits per heavy atom. The molecule has 0 aromatic carbocycles. The predicted octanol–water partition coefficient (Wildman–Crippen LogP) is 2.54. The normalized spacial score (nSPS) is 17.5. The second-order valence-electron chi connectivity index (χ2n) is 4.35. The van der Waals surface area contributed by atoms with Crippen LogP contribution < -0.4 is 4.90 Å². The maximum Gasteiger partial charge on any atom is 0.185 e. The van der Waals surface area contributed by atoms with Crippen LogP contribution in [0.3, 0.4) is 0 Å². The summed E-state index contributed by atoms with van der Waals surface area (Å²) in [4.78, 5) is 7.54. The van der Waals surface area contributed by atoms with Crippen LogP contribution in [0, 0.1) is 0 Å². The fraction of sp³-hybridized carbons (Fsp3) is 0.583. The van der Waals surface area contributed by atoms with Gasteiger partial charge in [-0.15, -0.1) is 0 Å². The number of nitrogens with zero attached hydrogens (tertiary/aromatic N) is 2. The zero-order valence-electron chi connectivity index (χ0n) is 10.5. The van der Waals surface area contributed by atoms with Crippen molar-refractivity contribution in [3.8, 4) is 0 Å². The third-order valence-corrected chi connectivity index (χ3v) is 5.36. The number of rotatable bonds is 4. The molecule has 0 bridgehead atoms. The number of aromatic nitrogens is 1. The second-order valence-corrected chi connectivity index (χ2v) is 7.56. The monoisotopic (exact) mass is 286 g/mol. The highest BCUT2D eigenvalue weighted by molar-refractivity contribution is 7.94. The highest BCUT2D eigenvalue weighted by Gasteiger charge is 2.13. The molecular weight excluding hydrogens is 268 g/mol. The van der Waals surface area contributed by atoms with Gasteiger partial charge in [0.15, 0.2) is 15.0 Å². The molecule has 4 nitrogen and oxygen atoms in total. The maximum absolute atomic E-state index is 11.4. The van der Waals surface area contributed by atoms with Crippen molar-refractivity contribution in [3.05, 3.63) is 16.5 Å². The fourth-order valence-electron chi connectivity index (χ4n) is 1.85. The molecule has 100 valence electrons. The molecule has 0 N–H and O–H groups in total. The SMILES string of the molecule is CCS(=O)(=O)/C=C/c1cnc(N2CCCCC2)s1. The zero-order chi connectivity index (χ0) is 13.0. The molecule has 2 heterocycles. The van der Waals surface area contributed by atoms with Gasteiger partial charge in [-0.05, 0) is 25.3 Å². The van der Waals surface area contributed by atoms with Crippen LogP contribution in [0.15, 0.2) is 11.6 Å². The molecule has 1 aliphatic rings. The van der Waals surface area contributed by atoms with Gasteiger partial charge in [0, 0.05) is 29.6 Å². The first-order chi connectivity index (χ1) is 8.61. The number of piperidine rings is 1. The molecule has 0 amide bonds. The molecular formula is C12H18N2O2S2. The van der Waals surface area contributed by atoms with Crippen LogP contribution in [-0.4, -0.2) is 32.2 Å². The zero-order valence-corrected chi connectivity index (χ0v) is 12.1. The van der Waals surface area contributed by atoms with Crippen LogP contribution >= 0.6 is 11.3 Å². The lowest BCUT2D eigenvalue weighted by Gasteiger charge is -2.25. The minimum Gasteiger partial charge on any atom is -0.348 e. The summed E-state index contributed by atoms with van der Waals surface area (Å²) in [6, 6.07) is 0. The Balaban J connectivity index is 2.06. The third kappa shape index (κ3) is 3.55. The van der Waals surface area contributed by atoms with E-state index < -0.39 is 9.84 Å². The van der Waals surface area contributed by atoms with Crippen molar-refractivity contribution in [3.63, 3.8) is 0 Å². The molecule has 1 fully saturated rings. The summed E-state index contributed by atoms with van der Waals surface area (Å²) < 4.78 is 22.7. The van der Waals surface area contributed by atoms with Crippen molar-refractivity contribution < 1.29 is 8.42 Å². The van der Waals surface area contributed by atoms with Gasteiger partial charge in [0.25, 0.3) is 0 Å². The molecule has 0 saturated carbocycles. The lowest BCUT2D eigenvalue weighted by molar-refractivity contribution is 0.577.